The van der Waals surface area contributed by atoms with Gasteiger partial charge in [0.1, 0.15) is 5.40 Å². The number of benzene rings is 1. The Hall–Kier alpha value is -2.02. The average molecular weight is 399 g/mol. The van der Waals surface area contributed by atoms with E-state index >= 15 is 0 Å². The minimum absolute atomic E-state index is 0.168. The van der Waals surface area contributed by atoms with E-state index in [0.29, 0.717) is 17.9 Å². The van der Waals surface area contributed by atoms with E-state index in [1.807, 2.05) is 6.07 Å². The molecule has 0 heterocycles. The monoisotopic (exact) mass is 398 g/mol. The molecule has 0 radical (unpaired) electrons. The highest BCUT2D eigenvalue weighted by atomic mass is 32.2. The summed E-state index contributed by atoms with van der Waals surface area (Å²) in [6.45, 7) is 4.19. The highest BCUT2D eigenvalue weighted by molar-refractivity contribution is 8.05. The first-order valence-corrected chi connectivity index (χ1v) is 10.6. The number of esters is 1. The van der Waals surface area contributed by atoms with Crippen LogP contribution in [0.15, 0.2) is 18.2 Å². The molecule has 1 aromatic rings. The maximum Gasteiger partial charge on any atom is 0.328 e. The van der Waals surface area contributed by atoms with Crippen molar-refractivity contribution in [2.24, 2.45) is 11.3 Å². The minimum Gasteiger partial charge on any atom is -0.465 e. The van der Waals surface area contributed by atoms with Crippen LogP contribution in [0.5, 0.6) is 0 Å². The van der Waals surface area contributed by atoms with Gasteiger partial charge in [0.2, 0.25) is 0 Å². The van der Waals surface area contributed by atoms with Gasteiger partial charge in [0, 0.05) is 12.5 Å². The second-order valence-electron chi connectivity index (χ2n) is 7.72. The van der Waals surface area contributed by atoms with Gasteiger partial charge in [-0.05, 0) is 73.5 Å². The van der Waals surface area contributed by atoms with Crippen molar-refractivity contribution >= 4 is 17.7 Å². The highest BCUT2D eigenvalue weighted by Crippen LogP contribution is 2.65. The molecule has 6 heteroatoms. The van der Waals surface area contributed by atoms with E-state index in [-0.39, 0.29) is 18.7 Å². The van der Waals surface area contributed by atoms with Gasteiger partial charge in [-0.3, -0.25) is 4.79 Å². The molecule has 0 amide bonds. The summed E-state index contributed by atoms with van der Waals surface area (Å²) in [6, 6.07) is 7.69. The molecule has 2 aliphatic carbocycles. The summed E-state index contributed by atoms with van der Waals surface area (Å²) in [5.41, 5.74) is 1.91. The minimum atomic E-state index is -1.11. The third kappa shape index (κ3) is 3.00. The van der Waals surface area contributed by atoms with Crippen LogP contribution in [0, 0.1) is 33.3 Å². The third-order valence-corrected chi connectivity index (χ3v) is 7.79. The Kier molecular flexibility index (Phi) is 6.03. The number of hydrogen-bond donors (Lipinski definition) is 0. The molecule has 0 bridgehead atoms. The molecule has 1 aromatic carbocycles. The topological polar surface area (TPSA) is 83.1 Å². The first kappa shape index (κ1) is 20.7. The lowest BCUT2D eigenvalue weighted by atomic mass is 9.61. The lowest BCUT2D eigenvalue weighted by Crippen LogP contribution is -2.52. The van der Waals surface area contributed by atoms with Crippen LogP contribution < -0.4 is 0 Å². The number of ether oxygens (including phenoxy) is 2. The first-order chi connectivity index (χ1) is 13.5. The van der Waals surface area contributed by atoms with Gasteiger partial charge in [0.15, 0.2) is 4.75 Å². The lowest BCUT2D eigenvalue weighted by molar-refractivity contribution is -0.152. The summed E-state index contributed by atoms with van der Waals surface area (Å²) >= 11 is 1.00. The molecule has 3 rings (SSSR count). The molecule has 0 N–H and O–H groups in total. The van der Waals surface area contributed by atoms with Gasteiger partial charge in [0.05, 0.1) is 24.3 Å². The van der Waals surface area contributed by atoms with E-state index in [1.54, 1.807) is 26.2 Å². The number of fused-ring (bicyclic) bond motifs is 1. The molecular formula is C22H26N2O3S. The van der Waals surface area contributed by atoms with Gasteiger partial charge >= 0.3 is 5.97 Å². The Morgan fingerprint density at radius 3 is 2.75 bits per heavy atom. The molecule has 5 nitrogen and oxygen atoms in total. The van der Waals surface area contributed by atoms with Crippen molar-refractivity contribution in [3.8, 4) is 11.5 Å². The van der Waals surface area contributed by atoms with E-state index < -0.39 is 10.2 Å². The van der Waals surface area contributed by atoms with E-state index in [1.165, 1.54) is 0 Å². The van der Waals surface area contributed by atoms with Crippen LogP contribution in [0.4, 0.5) is 0 Å². The Bertz CT molecular complexity index is 843. The van der Waals surface area contributed by atoms with E-state index in [4.69, 9.17) is 9.47 Å². The molecule has 1 fully saturated rings. The summed E-state index contributed by atoms with van der Waals surface area (Å²) in [5, 5.41) is 21.3. The predicted octanol–water partition coefficient (Wildman–Crippen LogP) is 4.30. The molecule has 0 aliphatic heterocycles. The van der Waals surface area contributed by atoms with Crippen molar-refractivity contribution in [1.29, 1.82) is 10.5 Å². The van der Waals surface area contributed by atoms with Crippen molar-refractivity contribution in [3.63, 3.8) is 0 Å². The number of hydrogen-bond acceptors (Lipinski definition) is 6. The normalized spacial score (nSPS) is 31.0. The fourth-order valence-electron chi connectivity index (χ4n) is 5.32. The largest absolute Gasteiger partial charge is 0.465 e. The van der Waals surface area contributed by atoms with Crippen LogP contribution in [0.1, 0.15) is 56.2 Å². The molecule has 1 saturated carbocycles. The Balaban J connectivity index is 2.20. The van der Waals surface area contributed by atoms with Crippen molar-refractivity contribution in [2.75, 3.05) is 13.7 Å². The first-order valence-electron chi connectivity index (χ1n) is 9.82. The predicted molar refractivity (Wildman–Crippen MR) is 107 cm³/mol. The second-order valence-corrected chi connectivity index (χ2v) is 8.72. The molecule has 0 saturated heterocycles. The average Bonchev–Trinajstić information content (AvgIpc) is 2.97. The smallest absolute Gasteiger partial charge is 0.328 e. The van der Waals surface area contributed by atoms with Crippen LogP contribution in [-0.4, -0.2) is 25.8 Å². The van der Waals surface area contributed by atoms with Crippen molar-refractivity contribution in [3.05, 3.63) is 34.9 Å². The molecular weight excluding hydrogens is 372 g/mol. The summed E-state index contributed by atoms with van der Waals surface area (Å²) < 4.78 is 10.1. The number of thioether (sulfide) groups is 1. The summed E-state index contributed by atoms with van der Waals surface area (Å²) in [7, 11) is 1.75. The summed E-state index contributed by atoms with van der Waals surface area (Å²) in [6.07, 6.45) is 4.27. The van der Waals surface area contributed by atoms with E-state index in [2.05, 4.69) is 18.4 Å². The number of nitriles is 2. The number of thiocyanates is 1. The maximum absolute atomic E-state index is 13.4. The zero-order valence-electron chi connectivity index (χ0n) is 16.7. The number of methoxy groups -OCH3 is 1. The molecule has 28 heavy (non-hydrogen) atoms. The fourth-order valence-corrected chi connectivity index (χ4v) is 6.38. The Morgan fingerprint density at radius 1 is 1.36 bits per heavy atom. The number of carbonyl (C=O) groups is 1. The Morgan fingerprint density at radius 2 is 2.14 bits per heavy atom. The summed E-state index contributed by atoms with van der Waals surface area (Å²) in [4.78, 5) is 13.4. The fraction of sp³-hybridized carbons (Fsp3) is 0.591. The van der Waals surface area contributed by atoms with Gasteiger partial charge < -0.3 is 9.47 Å². The SMILES string of the molecule is CCOC(=O)[C@]1(SC#N)c2cc(C#N)ccc2C[C@]12CC[C@@H](OC)[C@H](CC)C2. The van der Waals surface area contributed by atoms with E-state index in [0.717, 1.165) is 48.6 Å². The van der Waals surface area contributed by atoms with E-state index in [9.17, 15) is 15.3 Å². The Labute approximate surface area is 171 Å². The van der Waals surface area contributed by atoms with Gasteiger partial charge in [-0.15, -0.1) is 0 Å². The van der Waals surface area contributed by atoms with Crippen molar-refractivity contribution in [1.82, 2.24) is 0 Å². The molecule has 0 unspecified atom stereocenters. The highest BCUT2D eigenvalue weighted by Gasteiger charge is 2.65. The molecule has 1 spiro atoms. The maximum atomic E-state index is 13.4. The summed E-state index contributed by atoms with van der Waals surface area (Å²) in [5.74, 6) is -0.0438. The standard InChI is InChI=1S/C22H26N2O3S/c1-4-16-11-21(9-8-19(16)26-3)12-17-7-6-15(13-23)10-18(17)22(21,28-14-24)20(25)27-5-2/h6-7,10,16,19H,4-5,8-9,11-12H2,1-3H3/t16-,19-,21-,22-/m1/s1. The molecule has 2 aliphatic rings. The van der Waals surface area contributed by atoms with Gasteiger partial charge in [-0.25, -0.2) is 0 Å². The molecule has 4 atom stereocenters. The zero-order chi connectivity index (χ0) is 20.4. The van der Waals surface area contributed by atoms with Crippen LogP contribution in [0.2, 0.25) is 0 Å². The molecule has 0 aromatic heterocycles. The van der Waals surface area contributed by atoms with Gasteiger partial charge in [0.25, 0.3) is 0 Å². The molecule has 148 valence electrons. The van der Waals surface area contributed by atoms with Gasteiger partial charge in [-0.2, -0.15) is 10.5 Å². The lowest BCUT2D eigenvalue weighted by Gasteiger charge is -2.49. The van der Waals surface area contributed by atoms with Crippen LogP contribution in [0.3, 0.4) is 0 Å². The number of nitrogens with zero attached hydrogens (tertiary/aromatic N) is 2. The quantitative estimate of drug-likeness (QED) is 0.543. The number of carbonyl (C=O) groups excluding carboxylic acids is 1. The van der Waals surface area contributed by atoms with Crippen LogP contribution >= 0.6 is 11.8 Å². The van der Waals surface area contributed by atoms with Crippen LogP contribution in [0.25, 0.3) is 0 Å². The zero-order valence-corrected chi connectivity index (χ0v) is 17.5. The van der Waals surface area contributed by atoms with Crippen molar-refractivity contribution in [2.45, 2.75) is 56.8 Å². The van der Waals surface area contributed by atoms with Crippen LogP contribution in [-0.2, 0) is 25.4 Å². The van der Waals surface area contributed by atoms with Crippen molar-refractivity contribution < 1.29 is 14.3 Å². The second kappa shape index (κ2) is 8.15. The number of rotatable bonds is 5. The van der Waals surface area contributed by atoms with Gasteiger partial charge in [-0.1, -0.05) is 19.4 Å². The third-order valence-electron chi connectivity index (χ3n) is 6.57.